The van der Waals surface area contributed by atoms with Gasteiger partial charge in [-0.25, -0.2) is 0 Å². The van der Waals surface area contributed by atoms with Crippen molar-refractivity contribution in [3.63, 3.8) is 0 Å². The second-order valence-corrected chi connectivity index (χ2v) is 21.0. The number of rotatable bonds is 7. The topological polar surface area (TPSA) is 38.6 Å². The van der Waals surface area contributed by atoms with Gasteiger partial charge in [0.1, 0.15) is 0 Å². The van der Waals surface area contributed by atoms with Crippen LogP contribution in [0.1, 0.15) is 5.56 Å². The maximum atomic E-state index is 10.2. The van der Waals surface area contributed by atoms with Crippen LogP contribution in [0.5, 0.6) is 0 Å². The molecule has 0 aliphatic heterocycles. The average Bonchev–Trinajstić information content (AvgIpc) is 4.03. The van der Waals surface area contributed by atoms with E-state index in [4.69, 9.17) is 0 Å². The number of aromatic nitrogens is 3. The van der Waals surface area contributed by atoms with Crippen LogP contribution in [0.15, 0.2) is 243 Å². The Morgan fingerprint density at radius 3 is 1.38 bits per heavy atom. The summed E-state index contributed by atoms with van der Waals surface area (Å²) in [5.41, 5.74) is 10.6. The Balaban J connectivity index is 1.05. The highest BCUT2D eigenvalue weighted by atomic mass is 28.3. The van der Waals surface area contributed by atoms with Gasteiger partial charge in [-0.05, 0) is 93.5 Å². The minimum Gasteiger partial charge on any atom is -0.309 e. The van der Waals surface area contributed by atoms with Gasteiger partial charge in [-0.2, -0.15) is 5.26 Å². The Hall–Kier alpha value is -8.69. The third-order valence-corrected chi connectivity index (χ3v) is 18.6. The molecule has 10 aromatic carbocycles. The maximum Gasteiger partial charge on any atom is 0.179 e. The lowest BCUT2D eigenvalue weighted by molar-refractivity contribution is 1.16. The molecule has 3 aromatic heterocycles. The summed E-state index contributed by atoms with van der Waals surface area (Å²) in [5.74, 6) is 0. The van der Waals surface area contributed by atoms with Gasteiger partial charge >= 0.3 is 0 Å². The number of nitrogens with zero attached hydrogens (tertiary/aromatic N) is 4. The van der Waals surface area contributed by atoms with E-state index in [0.29, 0.717) is 5.56 Å². The molecule has 0 aliphatic carbocycles. The lowest BCUT2D eigenvalue weighted by atomic mass is 10.1. The van der Waals surface area contributed by atoms with E-state index < -0.39 is 8.07 Å². The van der Waals surface area contributed by atoms with Crippen molar-refractivity contribution >= 4 is 94.2 Å². The fourth-order valence-electron chi connectivity index (χ4n) is 11.1. The van der Waals surface area contributed by atoms with Crippen molar-refractivity contribution in [1.29, 1.82) is 5.26 Å². The normalized spacial score (nSPS) is 11.9. The highest BCUT2D eigenvalue weighted by Gasteiger charge is 2.41. The van der Waals surface area contributed by atoms with Crippen molar-refractivity contribution in [2.45, 2.75) is 0 Å². The fraction of sp³-hybridized carbons (Fsp3) is 0. The van der Waals surface area contributed by atoms with E-state index in [-0.39, 0.29) is 0 Å². The summed E-state index contributed by atoms with van der Waals surface area (Å²) in [6.07, 6.45) is 0. The van der Waals surface area contributed by atoms with Gasteiger partial charge in [0.05, 0.1) is 50.4 Å². The lowest BCUT2D eigenvalue weighted by Crippen LogP contribution is -2.74. The Bertz CT molecular complexity index is 3910. The summed E-state index contributed by atoms with van der Waals surface area (Å²) in [4.78, 5) is 0. The van der Waals surface area contributed by atoms with Gasteiger partial charge in [0, 0.05) is 43.7 Å². The van der Waals surface area contributed by atoms with Crippen LogP contribution in [0.4, 0.5) is 0 Å². The zero-order valence-corrected chi connectivity index (χ0v) is 36.9. The van der Waals surface area contributed by atoms with Crippen molar-refractivity contribution in [3.8, 4) is 23.1 Å². The van der Waals surface area contributed by atoms with E-state index in [1.54, 1.807) is 0 Å². The predicted octanol–water partition coefficient (Wildman–Crippen LogP) is 12.2. The molecule has 0 fully saturated rings. The molecule has 0 saturated carbocycles. The van der Waals surface area contributed by atoms with Gasteiger partial charge < -0.3 is 13.7 Å². The maximum absolute atomic E-state index is 10.2. The highest BCUT2D eigenvalue weighted by molar-refractivity contribution is 7.19. The van der Waals surface area contributed by atoms with E-state index in [0.717, 1.165) is 66.3 Å². The van der Waals surface area contributed by atoms with Crippen LogP contribution in [-0.4, -0.2) is 21.8 Å². The summed E-state index contributed by atoms with van der Waals surface area (Å²) in [6, 6.07) is 90.9. The molecule has 13 aromatic rings. The fourth-order valence-corrected chi connectivity index (χ4v) is 15.9. The summed E-state index contributed by atoms with van der Waals surface area (Å²) in [5, 5.41) is 22.6. The Morgan fingerprint density at radius 2 is 0.773 bits per heavy atom. The first kappa shape index (κ1) is 37.8. The molecular weight excluding hydrogens is 817 g/mol. The molecular formula is C61H40N4Si. The van der Waals surface area contributed by atoms with E-state index in [1.807, 2.05) is 12.1 Å². The number of para-hydroxylation sites is 3. The first-order valence-electron chi connectivity index (χ1n) is 22.5. The zero-order chi connectivity index (χ0) is 43.8. The molecule has 0 radical (unpaired) electrons. The Labute approximate surface area is 382 Å². The minimum absolute atomic E-state index is 0.628. The molecule has 0 atom stereocenters. The van der Waals surface area contributed by atoms with Crippen LogP contribution in [0.3, 0.4) is 0 Å². The number of hydrogen-bond donors (Lipinski definition) is 0. The van der Waals surface area contributed by atoms with Crippen molar-refractivity contribution in [2.75, 3.05) is 0 Å². The summed E-state index contributed by atoms with van der Waals surface area (Å²) in [7, 11) is -2.78. The zero-order valence-electron chi connectivity index (χ0n) is 35.9. The summed E-state index contributed by atoms with van der Waals surface area (Å²) >= 11 is 0. The van der Waals surface area contributed by atoms with Crippen molar-refractivity contribution in [3.05, 3.63) is 248 Å². The Kier molecular flexibility index (Phi) is 8.57. The molecule has 0 amide bonds. The molecule has 5 heteroatoms. The molecule has 0 bridgehead atoms. The molecule has 0 aliphatic rings. The van der Waals surface area contributed by atoms with Crippen molar-refractivity contribution in [1.82, 2.24) is 13.7 Å². The van der Waals surface area contributed by atoms with Crippen LogP contribution in [-0.2, 0) is 0 Å². The molecule has 0 N–H and O–H groups in total. The highest BCUT2D eigenvalue weighted by Crippen LogP contribution is 2.41. The van der Waals surface area contributed by atoms with Crippen LogP contribution in [0.25, 0.3) is 82.5 Å². The largest absolute Gasteiger partial charge is 0.309 e. The predicted molar refractivity (Wildman–Crippen MR) is 278 cm³/mol. The third kappa shape index (κ3) is 5.49. The second kappa shape index (κ2) is 15.0. The first-order valence-corrected chi connectivity index (χ1v) is 24.5. The summed E-state index contributed by atoms with van der Waals surface area (Å²) in [6.45, 7) is 0. The molecule has 13 rings (SSSR count). The molecule has 4 nitrogen and oxygen atoms in total. The van der Waals surface area contributed by atoms with Crippen molar-refractivity contribution < 1.29 is 0 Å². The van der Waals surface area contributed by atoms with Crippen LogP contribution in [0.2, 0.25) is 0 Å². The second-order valence-electron chi connectivity index (χ2n) is 17.2. The van der Waals surface area contributed by atoms with Gasteiger partial charge in [0.15, 0.2) is 8.07 Å². The summed E-state index contributed by atoms with van der Waals surface area (Å²) < 4.78 is 7.21. The third-order valence-electron chi connectivity index (χ3n) is 13.8. The van der Waals surface area contributed by atoms with Gasteiger partial charge in [-0.1, -0.05) is 170 Å². The molecule has 3 heterocycles. The number of benzene rings is 10. The average molecular weight is 857 g/mol. The number of hydrogen-bond acceptors (Lipinski definition) is 1. The van der Waals surface area contributed by atoms with Crippen LogP contribution >= 0.6 is 0 Å². The number of fused-ring (bicyclic) bond motifs is 9. The monoisotopic (exact) mass is 856 g/mol. The van der Waals surface area contributed by atoms with Crippen LogP contribution in [0, 0.1) is 11.3 Å². The molecule has 0 unspecified atom stereocenters. The molecule has 0 spiro atoms. The molecule has 66 heavy (non-hydrogen) atoms. The minimum atomic E-state index is -2.78. The molecule has 0 saturated heterocycles. The van der Waals surface area contributed by atoms with E-state index in [9.17, 15) is 5.26 Å². The standard InChI is InChI=1S/C61H40N4Si/c62-41-42-34-36-52-60(38-42)64(58-32-17-33-59(61(52)58)65-55-30-14-10-26-49(55)50-27-11-15-31-56(50)65)44-35-37-57-53(40-44)51-28-12-13-29-54(51)63(57)43-18-16-25-48(39-43)66(45-19-4-1-5-20-45,46-21-6-2-7-22-46)47-23-8-3-9-24-47/h1-40H. The van der Waals surface area contributed by atoms with Crippen molar-refractivity contribution in [2.24, 2.45) is 0 Å². The van der Waals surface area contributed by atoms with Gasteiger partial charge in [0.2, 0.25) is 0 Å². The van der Waals surface area contributed by atoms with E-state index >= 15 is 0 Å². The van der Waals surface area contributed by atoms with Gasteiger partial charge in [-0.15, -0.1) is 0 Å². The molecule has 308 valence electrons. The Morgan fingerprint density at radius 1 is 0.303 bits per heavy atom. The van der Waals surface area contributed by atoms with E-state index in [1.165, 1.54) is 36.9 Å². The number of nitriles is 1. The lowest BCUT2D eigenvalue weighted by Gasteiger charge is -2.34. The first-order chi connectivity index (χ1) is 32.7. The van der Waals surface area contributed by atoms with Crippen LogP contribution < -0.4 is 20.7 Å². The van der Waals surface area contributed by atoms with Gasteiger partial charge in [-0.3, -0.25) is 0 Å². The van der Waals surface area contributed by atoms with E-state index in [2.05, 4.69) is 250 Å². The quantitative estimate of drug-likeness (QED) is 0.116. The van der Waals surface area contributed by atoms with Gasteiger partial charge in [0.25, 0.3) is 0 Å². The SMILES string of the molecule is N#Cc1ccc2c3c(-n4c5ccccc5c5ccccc54)cccc3n(-c3ccc4c(c3)c3ccccc3n4-c3cccc([Si](c4ccccc4)(c4ccccc4)c4ccccc4)c3)c2c1. The smallest absolute Gasteiger partial charge is 0.179 e.